The fourth-order valence-electron chi connectivity index (χ4n) is 4.09. The van der Waals surface area contributed by atoms with Gasteiger partial charge >= 0.3 is 0 Å². The summed E-state index contributed by atoms with van der Waals surface area (Å²) in [4.78, 5) is 0. The Morgan fingerprint density at radius 1 is 0.923 bits per heavy atom. The Balaban J connectivity index is 1.93. The van der Waals surface area contributed by atoms with E-state index in [2.05, 4.69) is 5.48 Å². The van der Waals surface area contributed by atoms with Crippen LogP contribution in [0, 0.1) is 23.7 Å². The molecule has 4 saturated carbocycles. The Hall–Kier alpha value is -0.120. The maximum absolute atomic E-state index is 10.2. The summed E-state index contributed by atoms with van der Waals surface area (Å²) in [6.07, 6.45) is 5.80. The lowest BCUT2D eigenvalue weighted by Gasteiger charge is -2.58. The molecule has 0 aliphatic heterocycles. The highest BCUT2D eigenvalue weighted by molar-refractivity contribution is 5.04. The molecule has 74 valence electrons. The van der Waals surface area contributed by atoms with E-state index in [4.69, 9.17) is 5.21 Å². The zero-order chi connectivity index (χ0) is 9.05. The molecule has 0 amide bonds. The largest absolute Gasteiger partial charge is 0.373 e. The van der Waals surface area contributed by atoms with E-state index in [1.54, 1.807) is 0 Å². The second-order valence-corrected chi connectivity index (χ2v) is 5.24. The third kappa shape index (κ3) is 0.953. The summed E-state index contributed by atoms with van der Waals surface area (Å²) in [5.74, 6) is 2.26. The Kier molecular flexibility index (Phi) is 1.56. The molecule has 0 saturated heterocycles. The quantitative estimate of drug-likeness (QED) is 0.421. The molecule has 3 N–H and O–H groups in total. The van der Waals surface area contributed by atoms with E-state index < -0.39 is 5.72 Å². The third-order valence-electron chi connectivity index (χ3n) is 4.56. The van der Waals surface area contributed by atoms with Gasteiger partial charge in [-0.15, -0.1) is 0 Å². The van der Waals surface area contributed by atoms with Crippen LogP contribution in [-0.4, -0.2) is 16.0 Å². The van der Waals surface area contributed by atoms with Crippen LogP contribution in [-0.2, 0) is 0 Å². The van der Waals surface area contributed by atoms with E-state index in [0.29, 0.717) is 11.8 Å². The maximum atomic E-state index is 10.2. The van der Waals surface area contributed by atoms with Crippen LogP contribution in [0.1, 0.15) is 32.1 Å². The van der Waals surface area contributed by atoms with E-state index in [1.165, 1.54) is 6.42 Å². The average molecular weight is 183 g/mol. The molecule has 4 fully saturated rings. The first kappa shape index (κ1) is 8.21. The Morgan fingerprint density at radius 2 is 1.38 bits per heavy atom. The summed E-state index contributed by atoms with van der Waals surface area (Å²) in [6, 6.07) is 0. The second kappa shape index (κ2) is 2.47. The number of hydrogen-bond donors (Lipinski definition) is 3. The highest BCUT2D eigenvalue weighted by Crippen LogP contribution is 2.57. The minimum Gasteiger partial charge on any atom is -0.373 e. The van der Waals surface area contributed by atoms with Crippen molar-refractivity contribution in [1.29, 1.82) is 0 Å². The topological polar surface area (TPSA) is 52.5 Å². The van der Waals surface area contributed by atoms with Crippen LogP contribution in [0.4, 0.5) is 0 Å². The number of hydrogen-bond acceptors (Lipinski definition) is 3. The predicted molar refractivity (Wildman–Crippen MR) is 46.9 cm³/mol. The predicted octanol–water partition coefficient (Wildman–Crippen LogP) is 1.11. The minimum atomic E-state index is -0.951. The van der Waals surface area contributed by atoms with Gasteiger partial charge in [0.25, 0.3) is 0 Å². The molecule has 0 spiro atoms. The van der Waals surface area contributed by atoms with Crippen molar-refractivity contribution in [3.63, 3.8) is 0 Å². The Labute approximate surface area is 78.1 Å². The van der Waals surface area contributed by atoms with Gasteiger partial charge in [0.05, 0.1) is 0 Å². The summed E-state index contributed by atoms with van der Waals surface area (Å²) in [6.45, 7) is 0. The number of hydroxylamine groups is 1. The van der Waals surface area contributed by atoms with Crippen LogP contribution in [0.3, 0.4) is 0 Å². The number of nitrogens with one attached hydrogen (secondary N) is 1. The summed E-state index contributed by atoms with van der Waals surface area (Å²) in [5.41, 5.74) is 1.23. The monoisotopic (exact) mass is 183 g/mol. The zero-order valence-corrected chi connectivity index (χ0v) is 7.74. The smallest absolute Gasteiger partial charge is 0.143 e. The number of aliphatic hydroxyl groups is 1. The van der Waals surface area contributed by atoms with Gasteiger partial charge in [0.2, 0.25) is 0 Å². The molecule has 3 nitrogen and oxygen atoms in total. The highest BCUT2D eigenvalue weighted by Gasteiger charge is 2.56. The molecule has 0 heterocycles. The molecule has 4 aliphatic rings. The normalized spacial score (nSPS) is 58.6. The molecule has 0 atom stereocenters. The van der Waals surface area contributed by atoms with Gasteiger partial charge < -0.3 is 10.3 Å². The van der Waals surface area contributed by atoms with Crippen LogP contribution < -0.4 is 5.48 Å². The van der Waals surface area contributed by atoms with Gasteiger partial charge in [-0.2, -0.15) is 5.48 Å². The van der Waals surface area contributed by atoms with Crippen molar-refractivity contribution in [2.24, 2.45) is 23.7 Å². The van der Waals surface area contributed by atoms with Gasteiger partial charge in [-0.25, -0.2) is 0 Å². The van der Waals surface area contributed by atoms with Crippen LogP contribution in [0.15, 0.2) is 0 Å². The van der Waals surface area contributed by atoms with Crippen LogP contribution >= 0.6 is 0 Å². The van der Waals surface area contributed by atoms with Crippen molar-refractivity contribution < 1.29 is 10.3 Å². The maximum Gasteiger partial charge on any atom is 0.143 e. The first-order valence-electron chi connectivity index (χ1n) is 5.36. The molecule has 4 bridgehead atoms. The average Bonchev–Trinajstić information content (AvgIpc) is 2.13. The van der Waals surface area contributed by atoms with Crippen LogP contribution in [0.2, 0.25) is 0 Å². The van der Waals surface area contributed by atoms with Crippen molar-refractivity contribution in [2.75, 3.05) is 0 Å². The van der Waals surface area contributed by atoms with Crippen LogP contribution in [0.25, 0.3) is 0 Å². The lowest BCUT2D eigenvalue weighted by atomic mass is 9.52. The summed E-state index contributed by atoms with van der Waals surface area (Å²) >= 11 is 0. The van der Waals surface area contributed by atoms with Crippen molar-refractivity contribution in [2.45, 2.75) is 37.8 Å². The standard InChI is InChI=1S/C10H17NO2/c12-10(11-13)8-2-6-1-7(4-8)5-9(10)3-6/h6-9,11-13H,1-5H2. The van der Waals surface area contributed by atoms with Crippen molar-refractivity contribution in [3.05, 3.63) is 0 Å². The van der Waals surface area contributed by atoms with Gasteiger partial charge in [0, 0.05) is 11.8 Å². The molecule has 0 aromatic heterocycles. The van der Waals surface area contributed by atoms with Gasteiger partial charge in [0.1, 0.15) is 5.72 Å². The van der Waals surface area contributed by atoms with E-state index in [0.717, 1.165) is 37.5 Å². The van der Waals surface area contributed by atoms with Crippen LogP contribution in [0.5, 0.6) is 0 Å². The number of rotatable bonds is 1. The fourth-order valence-corrected chi connectivity index (χ4v) is 4.09. The van der Waals surface area contributed by atoms with E-state index in [9.17, 15) is 5.11 Å². The lowest BCUT2D eigenvalue weighted by Crippen LogP contribution is -2.64. The molecular formula is C10H17NO2. The first-order chi connectivity index (χ1) is 6.22. The summed E-state index contributed by atoms with van der Waals surface area (Å²) in [5, 5.41) is 19.3. The van der Waals surface area contributed by atoms with Gasteiger partial charge in [-0.1, -0.05) is 0 Å². The van der Waals surface area contributed by atoms with Crippen molar-refractivity contribution >= 4 is 0 Å². The summed E-state index contributed by atoms with van der Waals surface area (Å²) in [7, 11) is 0. The molecule has 4 rings (SSSR count). The molecule has 3 heteroatoms. The van der Waals surface area contributed by atoms with Gasteiger partial charge in [-0.05, 0) is 43.9 Å². The molecule has 0 unspecified atom stereocenters. The third-order valence-corrected chi connectivity index (χ3v) is 4.56. The molecule has 0 aromatic rings. The van der Waals surface area contributed by atoms with E-state index >= 15 is 0 Å². The SMILES string of the molecule is ONC1(O)C2CC3CC(C2)CC1C3. The first-order valence-corrected chi connectivity index (χ1v) is 5.36. The lowest BCUT2D eigenvalue weighted by molar-refractivity contribution is -0.234. The van der Waals surface area contributed by atoms with Gasteiger partial charge in [0.15, 0.2) is 0 Å². The summed E-state index contributed by atoms with van der Waals surface area (Å²) < 4.78 is 0. The second-order valence-electron chi connectivity index (χ2n) is 5.24. The fraction of sp³-hybridized carbons (Fsp3) is 1.00. The van der Waals surface area contributed by atoms with E-state index in [-0.39, 0.29) is 0 Å². The minimum absolute atomic E-state index is 0.300. The molecular weight excluding hydrogens is 166 g/mol. The molecule has 13 heavy (non-hydrogen) atoms. The molecule has 0 radical (unpaired) electrons. The molecule has 0 aromatic carbocycles. The molecule has 4 aliphatic carbocycles. The van der Waals surface area contributed by atoms with Gasteiger partial charge in [-0.3, -0.25) is 0 Å². The highest BCUT2D eigenvalue weighted by atomic mass is 16.5. The Morgan fingerprint density at radius 3 is 1.77 bits per heavy atom. The van der Waals surface area contributed by atoms with Crippen molar-refractivity contribution in [3.8, 4) is 0 Å². The zero-order valence-electron chi connectivity index (χ0n) is 7.74. The van der Waals surface area contributed by atoms with E-state index in [1.807, 2.05) is 0 Å². The van der Waals surface area contributed by atoms with Crippen molar-refractivity contribution in [1.82, 2.24) is 5.48 Å². The Bertz CT molecular complexity index is 201.